The first-order chi connectivity index (χ1) is 8.60. The van der Waals surface area contributed by atoms with Crippen LogP contribution in [0.5, 0.6) is 0 Å². The topological polar surface area (TPSA) is 29.3 Å². The van der Waals surface area contributed by atoms with Gasteiger partial charge < -0.3 is 10.6 Å². The lowest BCUT2D eigenvalue weighted by Gasteiger charge is -2.37. The molecule has 0 aliphatic carbocycles. The average molecular weight is 254 g/mol. The first-order valence-corrected chi connectivity index (χ1v) is 6.55. The third kappa shape index (κ3) is 2.99. The molecule has 1 heterocycles. The fourth-order valence-corrected chi connectivity index (χ4v) is 2.76. The number of hydrogen-bond donors (Lipinski definition) is 1. The summed E-state index contributed by atoms with van der Waals surface area (Å²) in [5.41, 5.74) is 6.77. The van der Waals surface area contributed by atoms with E-state index < -0.39 is 11.6 Å². The molecule has 18 heavy (non-hydrogen) atoms. The van der Waals surface area contributed by atoms with Crippen molar-refractivity contribution in [2.45, 2.75) is 32.2 Å². The van der Waals surface area contributed by atoms with Crippen LogP contribution in [-0.4, -0.2) is 19.1 Å². The van der Waals surface area contributed by atoms with Crippen molar-refractivity contribution >= 4 is 5.69 Å². The molecule has 1 aromatic carbocycles. The van der Waals surface area contributed by atoms with Gasteiger partial charge in [-0.05, 0) is 30.9 Å². The second kappa shape index (κ2) is 5.65. The third-order valence-electron chi connectivity index (χ3n) is 3.53. The smallest absolute Gasteiger partial charge is 0.160 e. The molecule has 100 valence electrons. The van der Waals surface area contributed by atoms with E-state index in [1.54, 1.807) is 6.07 Å². The van der Waals surface area contributed by atoms with E-state index in [2.05, 4.69) is 11.8 Å². The van der Waals surface area contributed by atoms with Crippen molar-refractivity contribution in [3.05, 3.63) is 29.8 Å². The molecular weight excluding hydrogens is 234 g/mol. The van der Waals surface area contributed by atoms with Gasteiger partial charge in [-0.1, -0.05) is 13.3 Å². The van der Waals surface area contributed by atoms with Gasteiger partial charge in [0, 0.05) is 30.9 Å². The van der Waals surface area contributed by atoms with Gasteiger partial charge in [0.05, 0.1) is 0 Å². The van der Waals surface area contributed by atoms with Crippen molar-refractivity contribution in [2.75, 3.05) is 18.0 Å². The Balaban J connectivity index is 2.13. The number of halogens is 2. The summed E-state index contributed by atoms with van der Waals surface area (Å²) in [7, 11) is 0. The minimum absolute atomic E-state index is 0.114. The summed E-state index contributed by atoms with van der Waals surface area (Å²) in [5, 5.41) is 0. The lowest BCUT2D eigenvalue weighted by atomic mass is 9.90. The number of nitrogens with two attached hydrogens (primary N) is 1. The third-order valence-corrected chi connectivity index (χ3v) is 3.53. The zero-order valence-electron chi connectivity index (χ0n) is 10.7. The van der Waals surface area contributed by atoms with Crippen LogP contribution in [0.2, 0.25) is 0 Å². The number of benzene rings is 1. The Bertz CT molecular complexity index is 409. The molecule has 1 aliphatic rings. The molecule has 1 saturated heterocycles. The minimum atomic E-state index is -0.801. The van der Waals surface area contributed by atoms with E-state index in [9.17, 15) is 8.78 Å². The van der Waals surface area contributed by atoms with Crippen molar-refractivity contribution in [3.8, 4) is 0 Å². The van der Waals surface area contributed by atoms with E-state index >= 15 is 0 Å². The Kier molecular flexibility index (Phi) is 4.17. The maximum Gasteiger partial charge on any atom is 0.160 e. The van der Waals surface area contributed by atoms with Crippen molar-refractivity contribution in [1.29, 1.82) is 0 Å². The van der Waals surface area contributed by atoms with Gasteiger partial charge in [0.1, 0.15) is 0 Å². The van der Waals surface area contributed by atoms with Crippen LogP contribution < -0.4 is 10.6 Å². The molecule has 0 radical (unpaired) electrons. The molecule has 0 aromatic heterocycles. The number of nitrogens with zero attached hydrogens (tertiary/aromatic N) is 1. The highest BCUT2D eigenvalue weighted by Crippen LogP contribution is 2.26. The maximum atomic E-state index is 13.2. The summed E-state index contributed by atoms with van der Waals surface area (Å²) in [5.74, 6) is -1.05. The Morgan fingerprint density at radius 2 is 2.06 bits per heavy atom. The molecule has 1 aromatic rings. The van der Waals surface area contributed by atoms with Crippen LogP contribution in [0.4, 0.5) is 14.5 Å². The van der Waals surface area contributed by atoms with E-state index in [1.165, 1.54) is 12.1 Å². The van der Waals surface area contributed by atoms with Crippen molar-refractivity contribution < 1.29 is 8.78 Å². The average Bonchev–Trinajstić information content (AvgIpc) is 2.32. The largest absolute Gasteiger partial charge is 0.370 e. The lowest BCUT2D eigenvalue weighted by Crippen LogP contribution is -2.47. The fourth-order valence-electron chi connectivity index (χ4n) is 2.76. The Morgan fingerprint density at radius 1 is 1.28 bits per heavy atom. The molecular formula is C14H20F2N2. The van der Waals surface area contributed by atoms with Gasteiger partial charge >= 0.3 is 0 Å². The summed E-state index contributed by atoms with van der Waals surface area (Å²) >= 11 is 0. The maximum absolute atomic E-state index is 13.2. The van der Waals surface area contributed by atoms with Gasteiger partial charge in [-0.3, -0.25) is 0 Å². The predicted octanol–water partition coefficient (Wildman–Crippen LogP) is 2.92. The SMILES string of the molecule is CCCC1CC(N)CN(c2ccc(F)c(F)c2)C1. The lowest BCUT2D eigenvalue weighted by molar-refractivity contribution is 0.354. The number of anilines is 1. The van der Waals surface area contributed by atoms with E-state index in [0.29, 0.717) is 12.5 Å². The van der Waals surface area contributed by atoms with Crippen LogP contribution in [-0.2, 0) is 0 Å². The molecule has 1 fully saturated rings. The summed E-state index contributed by atoms with van der Waals surface area (Å²) < 4.78 is 26.2. The Labute approximate surface area is 107 Å². The minimum Gasteiger partial charge on any atom is -0.370 e. The van der Waals surface area contributed by atoms with Crippen molar-refractivity contribution in [1.82, 2.24) is 0 Å². The molecule has 2 unspecified atom stereocenters. The fraction of sp³-hybridized carbons (Fsp3) is 0.571. The zero-order valence-corrected chi connectivity index (χ0v) is 10.7. The first-order valence-electron chi connectivity index (χ1n) is 6.55. The van der Waals surface area contributed by atoms with Crippen LogP contribution in [0.25, 0.3) is 0 Å². The predicted molar refractivity (Wildman–Crippen MR) is 69.6 cm³/mol. The molecule has 2 N–H and O–H groups in total. The van der Waals surface area contributed by atoms with Gasteiger partial charge in [-0.2, -0.15) is 0 Å². The van der Waals surface area contributed by atoms with Crippen LogP contribution in [0, 0.1) is 17.6 Å². The Morgan fingerprint density at radius 3 is 2.72 bits per heavy atom. The van der Waals surface area contributed by atoms with Gasteiger partial charge in [0.15, 0.2) is 11.6 Å². The van der Waals surface area contributed by atoms with Crippen molar-refractivity contribution in [2.24, 2.45) is 11.7 Å². The summed E-state index contributed by atoms with van der Waals surface area (Å²) in [4.78, 5) is 2.07. The van der Waals surface area contributed by atoms with Crippen molar-refractivity contribution in [3.63, 3.8) is 0 Å². The highest BCUT2D eigenvalue weighted by atomic mass is 19.2. The van der Waals surface area contributed by atoms with Crippen LogP contribution in [0.1, 0.15) is 26.2 Å². The summed E-state index contributed by atoms with van der Waals surface area (Å²) in [6.07, 6.45) is 3.28. The highest BCUT2D eigenvalue weighted by molar-refractivity contribution is 5.47. The first kappa shape index (κ1) is 13.3. The normalized spacial score (nSPS) is 24.3. The standard InChI is InChI=1S/C14H20F2N2/c1-2-3-10-6-11(17)9-18(8-10)12-4-5-13(15)14(16)7-12/h4-5,7,10-11H,2-3,6,8-9,17H2,1H3. The molecule has 0 saturated carbocycles. The summed E-state index contributed by atoms with van der Waals surface area (Å²) in [6, 6.07) is 4.18. The van der Waals surface area contributed by atoms with E-state index in [0.717, 1.165) is 31.5 Å². The number of hydrogen-bond acceptors (Lipinski definition) is 2. The quantitative estimate of drug-likeness (QED) is 0.898. The van der Waals surface area contributed by atoms with E-state index in [1.807, 2.05) is 0 Å². The number of piperidine rings is 1. The molecule has 0 bridgehead atoms. The van der Waals surface area contributed by atoms with E-state index in [4.69, 9.17) is 5.73 Å². The number of rotatable bonds is 3. The monoisotopic (exact) mass is 254 g/mol. The zero-order chi connectivity index (χ0) is 13.1. The Hall–Kier alpha value is -1.16. The highest BCUT2D eigenvalue weighted by Gasteiger charge is 2.25. The second-order valence-electron chi connectivity index (χ2n) is 5.15. The molecule has 2 nitrogen and oxygen atoms in total. The second-order valence-corrected chi connectivity index (χ2v) is 5.15. The van der Waals surface area contributed by atoms with Gasteiger partial charge in [-0.25, -0.2) is 8.78 Å². The van der Waals surface area contributed by atoms with Crippen LogP contribution in [0.3, 0.4) is 0 Å². The molecule has 0 spiro atoms. The molecule has 0 amide bonds. The molecule has 1 aliphatic heterocycles. The molecule has 2 rings (SSSR count). The van der Waals surface area contributed by atoms with Crippen LogP contribution in [0.15, 0.2) is 18.2 Å². The van der Waals surface area contributed by atoms with Gasteiger partial charge in [0.25, 0.3) is 0 Å². The summed E-state index contributed by atoms with van der Waals surface area (Å²) in [6.45, 7) is 3.75. The molecule has 2 atom stereocenters. The molecule has 4 heteroatoms. The van der Waals surface area contributed by atoms with Crippen LogP contribution >= 0.6 is 0 Å². The van der Waals surface area contributed by atoms with E-state index in [-0.39, 0.29) is 6.04 Å². The van der Waals surface area contributed by atoms with Gasteiger partial charge in [0.2, 0.25) is 0 Å². The van der Waals surface area contributed by atoms with Gasteiger partial charge in [-0.15, -0.1) is 0 Å².